The van der Waals surface area contributed by atoms with E-state index in [2.05, 4.69) is 48.5 Å². The van der Waals surface area contributed by atoms with Crippen LogP contribution in [0.3, 0.4) is 0 Å². The first-order valence-corrected chi connectivity index (χ1v) is 42.4. The lowest BCUT2D eigenvalue weighted by Crippen LogP contribution is -2.30. The van der Waals surface area contributed by atoms with Crippen molar-refractivity contribution in [1.82, 2.24) is 0 Å². The first-order chi connectivity index (χ1) is 45.8. The Morgan fingerprint density at radius 2 is 0.537 bits per heavy atom. The second-order valence-corrected chi connectivity index (χ2v) is 31.5. The summed E-state index contributed by atoms with van der Waals surface area (Å²) in [5.74, 6) is 0.245. The number of aliphatic hydroxyl groups excluding tert-OH is 1. The number of aliphatic hydroxyl groups is 1. The minimum absolute atomic E-state index is 0.105. The minimum atomic E-state index is -4.96. The number of carbonyl (C=O) groups excluding carboxylic acids is 4. The Morgan fingerprint density at radius 3 is 0.800 bits per heavy atom. The standard InChI is InChI=1S/C76H148O17P2/c1-8-10-11-12-13-26-36-43-50-57-73(78)86-63-72(93-76(81)60-53-46-39-32-31-35-42-49-56-69(7)9-2)66-91-95(84,85)89-62-70(77)61-88-94(82,83)90-65-71(92-75(80)59-52-45-38-30-25-21-17-15-19-23-28-34-41-48-55-68(5)6)64-87-74(79)58-51-44-37-29-24-20-16-14-18-22-27-33-40-47-54-67(3)4/h67-72,77H,8-66H2,1-7H3,(H,82,83)(H,84,85)/t69?,70-,71-,72-/m1/s1. The third-order valence-electron chi connectivity index (χ3n) is 18.0. The van der Waals surface area contributed by atoms with Gasteiger partial charge < -0.3 is 33.8 Å². The molecule has 17 nitrogen and oxygen atoms in total. The smallest absolute Gasteiger partial charge is 0.462 e. The van der Waals surface area contributed by atoms with E-state index in [4.69, 9.17) is 37.0 Å². The van der Waals surface area contributed by atoms with Crippen LogP contribution >= 0.6 is 15.6 Å². The molecule has 0 spiro atoms. The van der Waals surface area contributed by atoms with Crippen LogP contribution in [0.1, 0.15) is 389 Å². The average Bonchev–Trinajstić information content (AvgIpc) is 1.32. The molecule has 0 aliphatic carbocycles. The molecule has 0 rings (SSSR count). The van der Waals surface area contributed by atoms with Crippen molar-refractivity contribution in [3.63, 3.8) is 0 Å². The fourth-order valence-corrected chi connectivity index (χ4v) is 13.1. The van der Waals surface area contributed by atoms with Gasteiger partial charge in [-0.3, -0.25) is 37.3 Å². The fraction of sp³-hybridized carbons (Fsp3) is 0.947. The van der Waals surface area contributed by atoms with E-state index < -0.39 is 97.5 Å². The number of esters is 4. The van der Waals surface area contributed by atoms with E-state index in [-0.39, 0.29) is 25.7 Å². The highest BCUT2D eigenvalue weighted by Crippen LogP contribution is 2.45. The number of phosphoric ester groups is 2. The SMILES string of the molecule is CCCCCCCCCCCC(=O)OC[C@H](COP(=O)(O)OC[C@H](O)COP(=O)(O)OC[C@@H](COC(=O)CCCCCCCCCCCCCCCCC(C)C)OC(=O)CCCCCCCCCCCCCCCCC(C)C)OC(=O)CCCCCCCCCCC(C)CC. The van der Waals surface area contributed by atoms with Crippen molar-refractivity contribution in [2.45, 2.75) is 407 Å². The molecule has 0 aromatic heterocycles. The lowest BCUT2D eigenvalue weighted by atomic mass is 9.99. The average molecular weight is 1400 g/mol. The molecule has 0 bridgehead atoms. The van der Waals surface area contributed by atoms with Crippen LogP contribution in [0.25, 0.3) is 0 Å². The molecule has 0 aromatic rings. The molecule has 3 unspecified atom stereocenters. The third kappa shape index (κ3) is 69.0. The molecule has 0 aliphatic heterocycles. The second-order valence-electron chi connectivity index (χ2n) is 28.6. The summed E-state index contributed by atoms with van der Waals surface area (Å²) in [4.78, 5) is 72.8. The van der Waals surface area contributed by atoms with Gasteiger partial charge in [0.2, 0.25) is 0 Å². The van der Waals surface area contributed by atoms with Crippen LogP contribution in [0.5, 0.6) is 0 Å². The Balaban J connectivity index is 5.23. The largest absolute Gasteiger partial charge is 0.472 e. The number of unbranched alkanes of at least 4 members (excludes halogenated alkanes) is 41. The van der Waals surface area contributed by atoms with Crippen molar-refractivity contribution in [3.05, 3.63) is 0 Å². The molecular weight excluding hydrogens is 1250 g/mol. The van der Waals surface area contributed by atoms with E-state index in [0.717, 1.165) is 108 Å². The highest BCUT2D eigenvalue weighted by molar-refractivity contribution is 7.47. The lowest BCUT2D eigenvalue weighted by molar-refractivity contribution is -0.161. The second kappa shape index (κ2) is 66.6. The first-order valence-electron chi connectivity index (χ1n) is 39.4. The van der Waals surface area contributed by atoms with Gasteiger partial charge in [0.25, 0.3) is 0 Å². The summed E-state index contributed by atoms with van der Waals surface area (Å²) in [6.45, 7) is 11.9. The summed E-state index contributed by atoms with van der Waals surface area (Å²) in [7, 11) is -9.91. The zero-order chi connectivity index (χ0) is 70.1. The molecule has 95 heavy (non-hydrogen) atoms. The monoisotopic (exact) mass is 1400 g/mol. The van der Waals surface area contributed by atoms with Gasteiger partial charge in [0, 0.05) is 25.7 Å². The minimum Gasteiger partial charge on any atom is -0.462 e. The zero-order valence-corrected chi connectivity index (χ0v) is 63.9. The summed E-state index contributed by atoms with van der Waals surface area (Å²) in [6.07, 6.45) is 52.6. The topological polar surface area (TPSA) is 237 Å². The Morgan fingerprint density at radius 1 is 0.305 bits per heavy atom. The van der Waals surface area contributed by atoms with Crippen LogP contribution in [0.2, 0.25) is 0 Å². The van der Waals surface area contributed by atoms with Gasteiger partial charge in [-0.2, -0.15) is 0 Å². The third-order valence-corrected chi connectivity index (χ3v) is 19.9. The number of hydrogen-bond donors (Lipinski definition) is 3. The van der Waals surface area contributed by atoms with Crippen LogP contribution in [0.4, 0.5) is 0 Å². The van der Waals surface area contributed by atoms with Gasteiger partial charge in [0.05, 0.1) is 26.4 Å². The molecule has 0 heterocycles. The molecule has 564 valence electrons. The highest BCUT2D eigenvalue weighted by Gasteiger charge is 2.30. The molecule has 0 fully saturated rings. The molecule has 0 saturated carbocycles. The van der Waals surface area contributed by atoms with E-state index in [9.17, 15) is 43.2 Å². The summed E-state index contributed by atoms with van der Waals surface area (Å²) in [5, 5.41) is 10.6. The predicted octanol–water partition coefficient (Wildman–Crippen LogP) is 22.2. The van der Waals surface area contributed by atoms with Crippen molar-refractivity contribution in [2.75, 3.05) is 39.6 Å². The van der Waals surface area contributed by atoms with Crippen LogP contribution < -0.4 is 0 Å². The highest BCUT2D eigenvalue weighted by atomic mass is 31.2. The maximum Gasteiger partial charge on any atom is 0.472 e. The van der Waals surface area contributed by atoms with E-state index in [1.54, 1.807) is 0 Å². The lowest BCUT2D eigenvalue weighted by Gasteiger charge is -2.21. The number of hydrogen-bond acceptors (Lipinski definition) is 15. The summed E-state index contributed by atoms with van der Waals surface area (Å²) < 4.78 is 68.5. The number of phosphoric acid groups is 2. The Kier molecular flexibility index (Phi) is 65.2. The van der Waals surface area contributed by atoms with E-state index >= 15 is 0 Å². The molecule has 3 N–H and O–H groups in total. The molecular formula is C76H148O17P2. The van der Waals surface area contributed by atoms with Gasteiger partial charge in [0.15, 0.2) is 12.2 Å². The van der Waals surface area contributed by atoms with Gasteiger partial charge in [-0.15, -0.1) is 0 Å². The van der Waals surface area contributed by atoms with Gasteiger partial charge in [0.1, 0.15) is 19.3 Å². The molecule has 0 radical (unpaired) electrons. The summed E-state index contributed by atoms with van der Waals surface area (Å²) in [5.41, 5.74) is 0. The van der Waals surface area contributed by atoms with Gasteiger partial charge in [-0.1, -0.05) is 337 Å². The summed E-state index contributed by atoms with van der Waals surface area (Å²) in [6, 6.07) is 0. The van der Waals surface area contributed by atoms with Gasteiger partial charge >= 0.3 is 39.5 Å². The maximum atomic E-state index is 13.1. The molecule has 6 atom stereocenters. The molecule has 0 amide bonds. The normalized spacial score (nSPS) is 14.4. The van der Waals surface area contributed by atoms with Crippen molar-refractivity contribution in [2.24, 2.45) is 17.8 Å². The quantitative estimate of drug-likeness (QED) is 0.0222. The molecule has 0 aromatic carbocycles. The Hall–Kier alpha value is -1.94. The molecule has 19 heteroatoms. The maximum absolute atomic E-state index is 13.1. The van der Waals surface area contributed by atoms with Crippen molar-refractivity contribution in [3.8, 4) is 0 Å². The van der Waals surface area contributed by atoms with Crippen molar-refractivity contribution < 1.29 is 80.2 Å². The Labute approximate surface area is 581 Å². The first kappa shape index (κ1) is 93.1. The zero-order valence-electron chi connectivity index (χ0n) is 62.1. The van der Waals surface area contributed by atoms with Gasteiger partial charge in [-0.05, 0) is 43.4 Å². The van der Waals surface area contributed by atoms with Crippen molar-refractivity contribution in [1.29, 1.82) is 0 Å². The van der Waals surface area contributed by atoms with Crippen LogP contribution in [-0.2, 0) is 65.4 Å². The summed E-state index contributed by atoms with van der Waals surface area (Å²) >= 11 is 0. The predicted molar refractivity (Wildman–Crippen MR) is 386 cm³/mol. The van der Waals surface area contributed by atoms with E-state index in [1.807, 2.05) is 0 Å². The Bertz CT molecular complexity index is 1850. The molecule has 0 aliphatic rings. The van der Waals surface area contributed by atoms with Crippen LogP contribution in [0, 0.1) is 17.8 Å². The number of carbonyl (C=O) groups is 4. The number of ether oxygens (including phenoxy) is 4. The van der Waals surface area contributed by atoms with Gasteiger partial charge in [-0.25, -0.2) is 9.13 Å². The van der Waals surface area contributed by atoms with E-state index in [1.165, 1.54) is 199 Å². The van der Waals surface area contributed by atoms with Crippen molar-refractivity contribution >= 4 is 39.5 Å². The fourth-order valence-electron chi connectivity index (χ4n) is 11.6. The van der Waals surface area contributed by atoms with Crippen LogP contribution in [-0.4, -0.2) is 96.7 Å². The van der Waals surface area contributed by atoms with Crippen LogP contribution in [0.15, 0.2) is 0 Å². The van der Waals surface area contributed by atoms with E-state index in [0.29, 0.717) is 25.7 Å². The molecule has 0 saturated heterocycles. The number of rotatable bonds is 74.